The van der Waals surface area contributed by atoms with Crippen molar-refractivity contribution in [3.8, 4) is 0 Å². The number of aryl methyl sites for hydroxylation is 1. The topological polar surface area (TPSA) is 58.4 Å². The number of likely N-dealkylation sites (tertiary alicyclic amines) is 1. The molecule has 1 aliphatic rings. The summed E-state index contributed by atoms with van der Waals surface area (Å²) in [5.74, 6) is -0.188. The average Bonchev–Trinajstić information content (AvgIpc) is 2.84. The van der Waals surface area contributed by atoms with Crippen LogP contribution in [0.2, 0.25) is 0 Å². The summed E-state index contributed by atoms with van der Waals surface area (Å²) in [5, 5.41) is 2.79. The Morgan fingerprint density at radius 3 is 2.86 bits per heavy atom. The largest absolute Gasteiger partial charge is 0.401 e. The van der Waals surface area contributed by atoms with Gasteiger partial charge in [0.2, 0.25) is 0 Å². The summed E-state index contributed by atoms with van der Waals surface area (Å²) in [6.07, 6.45) is -3.51. The second-order valence-corrected chi connectivity index (χ2v) is 5.79. The third-order valence-corrected chi connectivity index (χ3v) is 3.83. The highest BCUT2D eigenvalue weighted by atomic mass is 19.4. The number of anilines is 1. The van der Waals surface area contributed by atoms with Gasteiger partial charge in [0.1, 0.15) is 0 Å². The zero-order chi connectivity index (χ0) is 16.3. The van der Waals surface area contributed by atoms with Gasteiger partial charge in [-0.1, -0.05) is 6.07 Å². The Labute approximate surface area is 127 Å². The summed E-state index contributed by atoms with van der Waals surface area (Å²) in [4.78, 5) is 13.5. The van der Waals surface area contributed by atoms with E-state index in [1.54, 1.807) is 18.2 Å². The zero-order valence-electron chi connectivity index (χ0n) is 12.4. The highest BCUT2D eigenvalue weighted by molar-refractivity contribution is 5.96. The van der Waals surface area contributed by atoms with Gasteiger partial charge < -0.3 is 11.1 Å². The van der Waals surface area contributed by atoms with Gasteiger partial charge in [0.15, 0.2) is 0 Å². The van der Waals surface area contributed by atoms with Crippen LogP contribution in [0.25, 0.3) is 0 Å². The molecule has 1 atom stereocenters. The van der Waals surface area contributed by atoms with Gasteiger partial charge in [0, 0.05) is 24.3 Å². The van der Waals surface area contributed by atoms with Gasteiger partial charge in [-0.2, -0.15) is 13.2 Å². The quantitative estimate of drug-likeness (QED) is 0.838. The van der Waals surface area contributed by atoms with Gasteiger partial charge in [0.05, 0.1) is 6.54 Å². The number of hydrogen-bond acceptors (Lipinski definition) is 3. The van der Waals surface area contributed by atoms with Crippen molar-refractivity contribution in [2.75, 3.05) is 31.9 Å². The molecule has 1 aliphatic heterocycles. The number of nitrogens with two attached hydrogens (primary N) is 1. The first kappa shape index (κ1) is 16.6. The number of nitrogens with one attached hydrogen (secondary N) is 1. The van der Waals surface area contributed by atoms with Crippen LogP contribution in [0.5, 0.6) is 0 Å². The van der Waals surface area contributed by atoms with Crippen LogP contribution in [0.15, 0.2) is 18.2 Å². The van der Waals surface area contributed by atoms with Crippen molar-refractivity contribution >= 4 is 11.6 Å². The molecule has 122 valence electrons. The summed E-state index contributed by atoms with van der Waals surface area (Å²) < 4.78 is 37.0. The molecule has 1 saturated heterocycles. The van der Waals surface area contributed by atoms with Crippen LogP contribution in [0.1, 0.15) is 22.3 Å². The Balaban J connectivity index is 1.84. The maximum absolute atomic E-state index is 12.3. The minimum Gasteiger partial charge on any atom is -0.399 e. The predicted octanol–water partition coefficient (Wildman–Crippen LogP) is 2.19. The highest BCUT2D eigenvalue weighted by Gasteiger charge is 2.34. The summed E-state index contributed by atoms with van der Waals surface area (Å²) in [6, 6.07) is 5.10. The second-order valence-electron chi connectivity index (χ2n) is 5.79. The Morgan fingerprint density at radius 2 is 2.18 bits per heavy atom. The standard InChI is InChI=1S/C15H20F3N3O/c1-10-2-3-12(19)6-13(10)14(22)20-7-11-4-5-21(8-11)9-15(16,17)18/h2-3,6,11H,4-5,7-9,19H2,1H3,(H,20,22). The molecule has 1 aromatic rings. The van der Waals surface area contributed by atoms with E-state index >= 15 is 0 Å². The van der Waals surface area contributed by atoms with Gasteiger partial charge in [-0.25, -0.2) is 0 Å². The number of carbonyl (C=O) groups is 1. The van der Waals surface area contributed by atoms with E-state index in [0.717, 1.165) is 5.56 Å². The lowest BCUT2D eigenvalue weighted by Crippen LogP contribution is -2.34. The Kier molecular flexibility index (Phi) is 4.95. The molecule has 3 N–H and O–H groups in total. The van der Waals surface area contributed by atoms with Gasteiger partial charge in [-0.3, -0.25) is 9.69 Å². The van der Waals surface area contributed by atoms with Crippen LogP contribution in [-0.4, -0.2) is 43.2 Å². The van der Waals surface area contributed by atoms with Crippen LogP contribution in [0, 0.1) is 12.8 Å². The van der Waals surface area contributed by atoms with Gasteiger partial charge in [-0.15, -0.1) is 0 Å². The molecule has 0 aromatic heterocycles. The number of carbonyl (C=O) groups excluding carboxylic acids is 1. The molecule has 1 fully saturated rings. The SMILES string of the molecule is Cc1ccc(N)cc1C(=O)NCC1CCN(CC(F)(F)F)C1. The van der Waals surface area contributed by atoms with Crippen LogP contribution >= 0.6 is 0 Å². The van der Waals surface area contributed by atoms with E-state index < -0.39 is 12.7 Å². The van der Waals surface area contributed by atoms with Crippen LogP contribution in [0.4, 0.5) is 18.9 Å². The van der Waals surface area contributed by atoms with Crippen molar-refractivity contribution in [2.45, 2.75) is 19.5 Å². The Hall–Kier alpha value is -1.76. The Morgan fingerprint density at radius 1 is 1.45 bits per heavy atom. The van der Waals surface area contributed by atoms with E-state index in [0.29, 0.717) is 37.3 Å². The van der Waals surface area contributed by atoms with Gasteiger partial charge in [-0.05, 0) is 43.5 Å². The minimum atomic E-state index is -4.17. The lowest BCUT2D eigenvalue weighted by atomic mass is 10.1. The van der Waals surface area contributed by atoms with Crippen LogP contribution in [0.3, 0.4) is 0 Å². The summed E-state index contributed by atoms with van der Waals surface area (Å²) in [5.41, 5.74) is 7.50. The molecule has 0 aliphatic carbocycles. The fraction of sp³-hybridized carbons (Fsp3) is 0.533. The third-order valence-electron chi connectivity index (χ3n) is 3.83. The van der Waals surface area contributed by atoms with Crippen LogP contribution < -0.4 is 11.1 Å². The number of alkyl halides is 3. The lowest BCUT2D eigenvalue weighted by Gasteiger charge is -2.18. The first-order chi connectivity index (χ1) is 10.2. The maximum atomic E-state index is 12.3. The van der Waals surface area contributed by atoms with Crippen molar-refractivity contribution in [2.24, 2.45) is 5.92 Å². The van der Waals surface area contributed by atoms with Gasteiger partial charge in [0.25, 0.3) is 5.91 Å². The first-order valence-corrected chi connectivity index (χ1v) is 7.18. The Bertz CT molecular complexity index is 545. The fourth-order valence-electron chi connectivity index (χ4n) is 2.69. The monoisotopic (exact) mass is 315 g/mol. The number of rotatable bonds is 4. The molecule has 0 saturated carbocycles. The normalized spacial score (nSPS) is 19.4. The number of hydrogen-bond donors (Lipinski definition) is 2. The van der Waals surface area contributed by atoms with Crippen molar-refractivity contribution in [1.29, 1.82) is 0 Å². The molecule has 1 heterocycles. The number of nitrogens with zero attached hydrogens (tertiary/aromatic N) is 1. The highest BCUT2D eigenvalue weighted by Crippen LogP contribution is 2.22. The number of benzene rings is 1. The molecule has 22 heavy (non-hydrogen) atoms. The molecular weight excluding hydrogens is 295 g/mol. The van der Waals surface area contributed by atoms with Crippen molar-refractivity contribution in [3.63, 3.8) is 0 Å². The second kappa shape index (κ2) is 6.56. The molecule has 0 radical (unpaired) electrons. The lowest BCUT2D eigenvalue weighted by molar-refractivity contribution is -0.143. The van der Waals surface area contributed by atoms with Crippen LogP contribution in [-0.2, 0) is 0 Å². The van der Waals surface area contributed by atoms with E-state index in [-0.39, 0.29) is 11.8 Å². The summed E-state index contributed by atoms with van der Waals surface area (Å²) >= 11 is 0. The molecule has 4 nitrogen and oxygen atoms in total. The smallest absolute Gasteiger partial charge is 0.399 e. The number of halogens is 3. The third kappa shape index (κ3) is 4.62. The minimum absolute atomic E-state index is 0.0488. The average molecular weight is 315 g/mol. The van der Waals surface area contributed by atoms with E-state index in [1.807, 2.05) is 6.92 Å². The molecule has 1 unspecified atom stereocenters. The molecule has 0 spiro atoms. The zero-order valence-corrected chi connectivity index (χ0v) is 12.4. The molecule has 1 amide bonds. The van der Waals surface area contributed by atoms with E-state index in [4.69, 9.17) is 5.73 Å². The fourth-order valence-corrected chi connectivity index (χ4v) is 2.69. The first-order valence-electron chi connectivity index (χ1n) is 7.18. The number of amides is 1. The molecular formula is C15H20F3N3O. The summed E-state index contributed by atoms with van der Waals surface area (Å²) in [7, 11) is 0. The van der Waals surface area contributed by atoms with E-state index in [2.05, 4.69) is 5.32 Å². The molecule has 7 heteroatoms. The summed E-state index contributed by atoms with van der Waals surface area (Å²) in [6.45, 7) is 2.08. The van der Waals surface area contributed by atoms with Crippen molar-refractivity contribution < 1.29 is 18.0 Å². The van der Waals surface area contributed by atoms with Crippen molar-refractivity contribution in [3.05, 3.63) is 29.3 Å². The van der Waals surface area contributed by atoms with Gasteiger partial charge >= 0.3 is 6.18 Å². The van der Waals surface area contributed by atoms with Crippen molar-refractivity contribution in [1.82, 2.24) is 10.2 Å². The molecule has 0 bridgehead atoms. The van der Waals surface area contributed by atoms with E-state index in [1.165, 1.54) is 4.90 Å². The molecule has 1 aromatic carbocycles. The maximum Gasteiger partial charge on any atom is 0.401 e. The van der Waals surface area contributed by atoms with E-state index in [9.17, 15) is 18.0 Å². The number of nitrogen functional groups attached to an aromatic ring is 1. The molecule has 2 rings (SSSR count). The predicted molar refractivity (Wildman–Crippen MR) is 78.5 cm³/mol.